The standard InChI is InChI=1S/C18H31N3O2/c22-17(8-7-15-4-1-2-5-15)20-10-12-21(13-11-20)18(23)14-16-6-3-9-19-16/h15-16,19H,1-14H2. The highest BCUT2D eigenvalue weighted by Crippen LogP contribution is 2.28. The van der Waals surface area contributed by atoms with Crippen molar-refractivity contribution in [2.75, 3.05) is 32.7 Å². The van der Waals surface area contributed by atoms with Crippen LogP contribution in [0, 0.1) is 5.92 Å². The number of nitrogens with zero attached hydrogens (tertiary/aromatic N) is 2. The number of hydrogen-bond acceptors (Lipinski definition) is 3. The number of carbonyl (C=O) groups excluding carboxylic acids is 2. The molecule has 3 rings (SSSR count). The van der Waals surface area contributed by atoms with Crippen molar-refractivity contribution in [1.29, 1.82) is 0 Å². The van der Waals surface area contributed by atoms with Gasteiger partial charge in [0.1, 0.15) is 0 Å². The quantitative estimate of drug-likeness (QED) is 0.839. The molecule has 0 aromatic carbocycles. The molecule has 23 heavy (non-hydrogen) atoms. The van der Waals surface area contributed by atoms with Crippen LogP contribution < -0.4 is 5.32 Å². The van der Waals surface area contributed by atoms with Gasteiger partial charge >= 0.3 is 0 Å². The molecule has 5 nitrogen and oxygen atoms in total. The van der Waals surface area contributed by atoms with Gasteiger partial charge in [0.15, 0.2) is 0 Å². The van der Waals surface area contributed by atoms with E-state index < -0.39 is 0 Å². The van der Waals surface area contributed by atoms with E-state index in [1.54, 1.807) is 0 Å². The van der Waals surface area contributed by atoms with E-state index in [0.717, 1.165) is 25.3 Å². The molecular weight excluding hydrogens is 290 g/mol. The lowest BCUT2D eigenvalue weighted by atomic mass is 10.0. The maximum Gasteiger partial charge on any atom is 0.224 e. The SMILES string of the molecule is O=C(CCC1CCCC1)N1CCN(C(=O)CC2CCCN2)CC1. The third kappa shape index (κ3) is 4.69. The molecule has 1 saturated carbocycles. The fourth-order valence-electron chi connectivity index (χ4n) is 4.26. The van der Waals surface area contributed by atoms with Crippen LogP contribution in [0.4, 0.5) is 0 Å². The summed E-state index contributed by atoms with van der Waals surface area (Å²) in [5.41, 5.74) is 0. The van der Waals surface area contributed by atoms with Crippen molar-refractivity contribution in [3.8, 4) is 0 Å². The van der Waals surface area contributed by atoms with Crippen LogP contribution in [0.25, 0.3) is 0 Å². The van der Waals surface area contributed by atoms with Gasteiger partial charge in [-0.1, -0.05) is 25.7 Å². The molecule has 0 radical (unpaired) electrons. The fourth-order valence-corrected chi connectivity index (χ4v) is 4.26. The first-order valence-electron chi connectivity index (χ1n) is 9.51. The van der Waals surface area contributed by atoms with Crippen LogP contribution in [-0.4, -0.2) is 60.4 Å². The first kappa shape index (κ1) is 16.7. The third-order valence-corrected chi connectivity index (χ3v) is 5.81. The lowest BCUT2D eigenvalue weighted by molar-refractivity contribution is -0.140. The number of rotatable bonds is 5. The summed E-state index contributed by atoms with van der Waals surface area (Å²) >= 11 is 0. The van der Waals surface area contributed by atoms with Gasteiger partial charge in [0.25, 0.3) is 0 Å². The summed E-state index contributed by atoms with van der Waals surface area (Å²) in [4.78, 5) is 28.5. The Hall–Kier alpha value is -1.10. The first-order chi connectivity index (χ1) is 11.2. The lowest BCUT2D eigenvalue weighted by Crippen LogP contribution is -2.51. The zero-order chi connectivity index (χ0) is 16.1. The maximum absolute atomic E-state index is 12.3. The third-order valence-electron chi connectivity index (χ3n) is 5.81. The number of amides is 2. The Bertz CT molecular complexity index is 406. The number of hydrogen-bond donors (Lipinski definition) is 1. The number of piperazine rings is 1. The molecule has 1 aliphatic carbocycles. The van der Waals surface area contributed by atoms with Gasteiger partial charge in [-0.05, 0) is 31.7 Å². The topological polar surface area (TPSA) is 52.7 Å². The van der Waals surface area contributed by atoms with Gasteiger partial charge in [0.2, 0.25) is 11.8 Å². The van der Waals surface area contributed by atoms with Gasteiger partial charge in [-0.3, -0.25) is 9.59 Å². The molecule has 1 unspecified atom stereocenters. The van der Waals surface area contributed by atoms with Gasteiger partial charge in [-0.2, -0.15) is 0 Å². The fraction of sp³-hybridized carbons (Fsp3) is 0.889. The van der Waals surface area contributed by atoms with E-state index in [2.05, 4.69) is 5.32 Å². The van der Waals surface area contributed by atoms with Crippen LogP contribution in [0.15, 0.2) is 0 Å². The Morgan fingerprint density at radius 2 is 1.52 bits per heavy atom. The second-order valence-corrected chi connectivity index (χ2v) is 7.45. The van der Waals surface area contributed by atoms with Crippen molar-refractivity contribution in [1.82, 2.24) is 15.1 Å². The van der Waals surface area contributed by atoms with Crippen molar-refractivity contribution >= 4 is 11.8 Å². The van der Waals surface area contributed by atoms with Crippen molar-refractivity contribution in [2.24, 2.45) is 5.92 Å². The molecule has 2 saturated heterocycles. The molecule has 1 atom stereocenters. The summed E-state index contributed by atoms with van der Waals surface area (Å²) in [7, 11) is 0. The van der Waals surface area contributed by atoms with Gasteiger partial charge in [0.05, 0.1) is 0 Å². The molecule has 130 valence electrons. The van der Waals surface area contributed by atoms with Gasteiger partial charge in [-0.15, -0.1) is 0 Å². The first-order valence-corrected chi connectivity index (χ1v) is 9.51. The van der Waals surface area contributed by atoms with Crippen LogP contribution in [0.3, 0.4) is 0 Å². The van der Waals surface area contributed by atoms with Gasteiger partial charge in [-0.25, -0.2) is 0 Å². The highest BCUT2D eigenvalue weighted by molar-refractivity contribution is 5.78. The highest BCUT2D eigenvalue weighted by atomic mass is 16.2. The second-order valence-electron chi connectivity index (χ2n) is 7.45. The molecule has 0 aromatic rings. The molecule has 5 heteroatoms. The smallest absolute Gasteiger partial charge is 0.224 e. The van der Waals surface area contributed by atoms with Gasteiger partial charge in [0, 0.05) is 45.1 Å². The van der Waals surface area contributed by atoms with E-state index in [-0.39, 0.29) is 5.91 Å². The van der Waals surface area contributed by atoms with Crippen molar-refractivity contribution < 1.29 is 9.59 Å². The molecule has 0 aromatic heterocycles. The molecular formula is C18H31N3O2. The Morgan fingerprint density at radius 3 is 2.13 bits per heavy atom. The Morgan fingerprint density at radius 1 is 0.870 bits per heavy atom. The Balaban J connectivity index is 1.35. The van der Waals surface area contributed by atoms with E-state index in [0.29, 0.717) is 51.0 Å². The van der Waals surface area contributed by atoms with Crippen LogP contribution in [-0.2, 0) is 9.59 Å². The molecule has 2 aliphatic heterocycles. The molecule has 2 heterocycles. The summed E-state index contributed by atoms with van der Waals surface area (Å²) in [6, 6.07) is 0.369. The van der Waals surface area contributed by atoms with Crippen molar-refractivity contribution in [3.63, 3.8) is 0 Å². The Kier molecular flexibility index (Phi) is 5.92. The summed E-state index contributed by atoms with van der Waals surface area (Å²) in [5.74, 6) is 1.32. The average molecular weight is 321 g/mol. The monoisotopic (exact) mass is 321 g/mol. The predicted molar refractivity (Wildman–Crippen MR) is 90.0 cm³/mol. The molecule has 3 fully saturated rings. The van der Waals surface area contributed by atoms with E-state index in [4.69, 9.17) is 0 Å². The van der Waals surface area contributed by atoms with E-state index in [1.165, 1.54) is 32.1 Å². The van der Waals surface area contributed by atoms with Crippen molar-refractivity contribution in [3.05, 3.63) is 0 Å². The molecule has 0 bridgehead atoms. The van der Waals surface area contributed by atoms with Crippen LogP contribution in [0.5, 0.6) is 0 Å². The second kappa shape index (κ2) is 8.13. The van der Waals surface area contributed by atoms with E-state index >= 15 is 0 Å². The van der Waals surface area contributed by atoms with E-state index in [1.807, 2.05) is 9.80 Å². The maximum atomic E-state index is 12.3. The lowest BCUT2D eigenvalue weighted by Gasteiger charge is -2.35. The summed E-state index contributed by atoms with van der Waals surface area (Å²) in [6.45, 7) is 3.89. The van der Waals surface area contributed by atoms with Crippen LogP contribution >= 0.6 is 0 Å². The zero-order valence-corrected chi connectivity index (χ0v) is 14.3. The van der Waals surface area contributed by atoms with Crippen LogP contribution in [0.1, 0.15) is 57.8 Å². The van der Waals surface area contributed by atoms with Crippen LogP contribution in [0.2, 0.25) is 0 Å². The van der Waals surface area contributed by atoms with E-state index in [9.17, 15) is 9.59 Å². The minimum absolute atomic E-state index is 0.252. The summed E-state index contributed by atoms with van der Waals surface area (Å²) in [6.07, 6.45) is 9.98. The highest BCUT2D eigenvalue weighted by Gasteiger charge is 2.27. The minimum atomic E-state index is 0.252. The number of nitrogens with one attached hydrogen (secondary N) is 1. The van der Waals surface area contributed by atoms with Crippen molar-refractivity contribution in [2.45, 2.75) is 63.8 Å². The van der Waals surface area contributed by atoms with Gasteiger partial charge < -0.3 is 15.1 Å². The minimum Gasteiger partial charge on any atom is -0.339 e. The molecule has 0 spiro atoms. The average Bonchev–Trinajstić information content (AvgIpc) is 3.26. The molecule has 3 aliphatic rings. The predicted octanol–water partition coefficient (Wildman–Crippen LogP) is 1.77. The largest absolute Gasteiger partial charge is 0.339 e. The summed E-state index contributed by atoms with van der Waals surface area (Å²) in [5, 5.41) is 3.38. The zero-order valence-electron chi connectivity index (χ0n) is 14.3. The number of carbonyl (C=O) groups is 2. The summed E-state index contributed by atoms with van der Waals surface area (Å²) < 4.78 is 0. The normalized spacial score (nSPS) is 26.0. The molecule has 2 amide bonds. The Labute approximate surface area is 139 Å². The molecule has 1 N–H and O–H groups in total.